The molecule has 2 N–H and O–H groups in total. The lowest BCUT2D eigenvalue weighted by molar-refractivity contribution is -0.152. The summed E-state index contributed by atoms with van der Waals surface area (Å²) in [5.74, 6) is -1.01. The van der Waals surface area contributed by atoms with Gasteiger partial charge in [-0.15, -0.1) is 0 Å². The molecular weight excluding hydrogens is 278 g/mol. The average molecular weight is 294 g/mol. The van der Waals surface area contributed by atoms with Gasteiger partial charge in [0.2, 0.25) is 5.91 Å². The minimum absolute atomic E-state index is 0.120. The van der Waals surface area contributed by atoms with Crippen LogP contribution in [0.3, 0.4) is 0 Å². The number of aliphatic carboxylic acids is 1. The van der Waals surface area contributed by atoms with Gasteiger partial charge in [-0.25, -0.2) is 4.79 Å². The fraction of sp³-hybridized carbons (Fsp3) is 0.467. The van der Waals surface area contributed by atoms with Crippen LogP contribution in [-0.4, -0.2) is 22.5 Å². The van der Waals surface area contributed by atoms with E-state index in [-0.39, 0.29) is 17.7 Å². The summed E-state index contributed by atoms with van der Waals surface area (Å²) in [5, 5.41) is 12.6. The maximum atomic E-state index is 12.2. The lowest BCUT2D eigenvalue weighted by atomic mass is 9.76. The first-order chi connectivity index (χ1) is 9.52. The molecule has 0 heterocycles. The molecule has 1 aromatic rings. The van der Waals surface area contributed by atoms with Gasteiger partial charge in [0.15, 0.2) is 0 Å². The SMILES string of the molecule is O=C(NC1(C(=O)O)CCC1)[C@H]1C[C@@H]1c1cccc(Cl)c1. The number of carbonyl (C=O) groups is 2. The second-order valence-corrected chi connectivity index (χ2v) is 6.17. The first kappa shape index (κ1) is 13.4. The number of hydrogen-bond donors (Lipinski definition) is 2. The first-order valence-corrected chi connectivity index (χ1v) is 7.20. The number of halogens is 1. The third-order valence-corrected chi connectivity index (χ3v) is 4.62. The van der Waals surface area contributed by atoms with E-state index in [0.29, 0.717) is 17.9 Å². The summed E-state index contributed by atoms with van der Waals surface area (Å²) < 4.78 is 0. The Bertz CT molecular complexity index is 568. The van der Waals surface area contributed by atoms with E-state index in [1.807, 2.05) is 18.2 Å². The van der Waals surface area contributed by atoms with Gasteiger partial charge in [-0.1, -0.05) is 23.7 Å². The number of carboxylic acid groups (broad SMARTS) is 1. The molecule has 5 heteroatoms. The normalized spacial score (nSPS) is 26.4. The van der Waals surface area contributed by atoms with Crippen LogP contribution in [0.5, 0.6) is 0 Å². The highest BCUT2D eigenvalue weighted by Gasteiger charge is 2.50. The molecule has 2 atom stereocenters. The van der Waals surface area contributed by atoms with Crippen LogP contribution < -0.4 is 5.32 Å². The summed E-state index contributed by atoms with van der Waals surface area (Å²) >= 11 is 5.95. The van der Waals surface area contributed by atoms with Crippen molar-refractivity contribution in [3.63, 3.8) is 0 Å². The van der Waals surface area contributed by atoms with E-state index >= 15 is 0 Å². The van der Waals surface area contributed by atoms with E-state index in [4.69, 9.17) is 11.6 Å². The van der Waals surface area contributed by atoms with Gasteiger partial charge in [0, 0.05) is 10.9 Å². The van der Waals surface area contributed by atoms with Crippen molar-refractivity contribution < 1.29 is 14.7 Å². The molecule has 1 amide bonds. The Hall–Kier alpha value is -1.55. The van der Waals surface area contributed by atoms with Crippen LogP contribution in [0.2, 0.25) is 5.02 Å². The molecule has 20 heavy (non-hydrogen) atoms. The summed E-state index contributed by atoms with van der Waals surface area (Å²) in [6.45, 7) is 0. The Morgan fingerprint density at radius 2 is 2.10 bits per heavy atom. The Labute approximate surface area is 122 Å². The van der Waals surface area contributed by atoms with E-state index in [9.17, 15) is 14.7 Å². The second kappa shape index (κ2) is 4.77. The highest BCUT2D eigenvalue weighted by molar-refractivity contribution is 6.30. The summed E-state index contributed by atoms with van der Waals surface area (Å²) in [6.07, 6.45) is 2.68. The molecule has 106 valence electrons. The Morgan fingerprint density at radius 3 is 2.65 bits per heavy atom. The van der Waals surface area contributed by atoms with Crippen molar-refractivity contribution in [2.75, 3.05) is 0 Å². The van der Waals surface area contributed by atoms with E-state index in [1.165, 1.54) is 0 Å². The number of hydrogen-bond acceptors (Lipinski definition) is 2. The number of amides is 1. The van der Waals surface area contributed by atoms with Crippen molar-refractivity contribution in [1.29, 1.82) is 0 Å². The molecule has 0 aromatic heterocycles. The molecule has 3 rings (SSSR count). The monoisotopic (exact) mass is 293 g/mol. The van der Waals surface area contributed by atoms with Gasteiger partial charge in [-0.3, -0.25) is 4.79 Å². The lowest BCUT2D eigenvalue weighted by Crippen LogP contribution is -2.59. The van der Waals surface area contributed by atoms with Gasteiger partial charge in [0.25, 0.3) is 0 Å². The molecule has 2 aliphatic carbocycles. The quantitative estimate of drug-likeness (QED) is 0.896. The molecule has 0 saturated heterocycles. The molecule has 0 radical (unpaired) electrons. The highest BCUT2D eigenvalue weighted by atomic mass is 35.5. The first-order valence-electron chi connectivity index (χ1n) is 6.83. The van der Waals surface area contributed by atoms with Crippen LogP contribution >= 0.6 is 11.6 Å². The van der Waals surface area contributed by atoms with Crippen LogP contribution in [0.4, 0.5) is 0 Å². The standard InChI is InChI=1S/C15H16ClNO3/c16-10-4-1-3-9(7-10)11-8-12(11)13(18)17-15(14(19)20)5-2-6-15/h1,3-4,7,11-12H,2,5-6,8H2,(H,17,18)(H,19,20)/t11-,12+/m1/s1. The predicted octanol–water partition coefficient (Wildman–Crippen LogP) is 2.57. The van der Waals surface area contributed by atoms with Crippen LogP contribution in [-0.2, 0) is 9.59 Å². The van der Waals surface area contributed by atoms with Crippen LogP contribution in [0, 0.1) is 5.92 Å². The minimum atomic E-state index is -1.02. The highest BCUT2D eigenvalue weighted by Crippen LogP contribution is 2.48. The van der Waals surface area contributed by atoms with Crippen molar-refractivity contribution in [3.8, 4) is 0 Å². The Kier molecular flexibility index (Phi) is 3.21. The van der Waals surface area contributed by atoms with E-state index in [2.05, 4.69) is 5.32 Å². The maximum absolute atomic E-state index is 12.2. The molecule has 4 nitrogen and oxygen atoms in total. The average Bonchev–Trinajstić information content (AvgIpc) is 3.13. The number of carbonyl (C=O) groups excluding carboxylic acids is 1. The van der Waals surface area contributed by atoms with Crippen LogP contribution in [0.15, 0.2) is 24.3 Å². The van der Waals surface area contributed by atoms with E-state index in [1.54, 1.807) is 6.07 Å². The molecule has 0 spiro atoms. The van der Waals surface area contributed by atoms with Crippen molar-refractivity contribution in [1.82, 2.24) is 5.32 Å². The van der Waals surface area contributed by atoms with Gasteiger partial charge < -0.3 is 10.4 Å². The number of rotatable bonds is 4. The van der Waals surface area contributed by atoms with Gasteiger partial charge in [0.05, 0.1) is 0 Å². The molecule has 0 unspecified atom stereocenters. The summed E-state index contributed by atoms with van der Waals surface area (Å²) in [5.41, 5.74) is 0.0362. The molecule has 2 fully saturated rings. The lowest BCUT2D eigenvalue weighted by Gasteiger charge is -2.38. The van der Waals surface area contributed by atoms with Crippen molar-refractivity contribution in [3.05, 3.63) is 34.9 Å². The van der Waals surface area contributed by atoms with Crippen molar-refractivity contribution in [2.24, 2.45) is 5.92 Å². The zero-order valence-corrected chi connectivity index (χ0v) is 11.7. The topological polar surface area (TPSA) is 66.4 Å². The maximum Gasteiger partial charge on any atom is 0.329 e. The molecule has 2 aliphatic rings. The fourth-order valence-corrected chi connectivity index (χ4v) is 3.04. The largest absolute Gasteiger partial charge is 0.480 e. The van der Waals surface area contributed by atoms with Crippen molar-refractivity contribution in [2.45, 2.75) is 37.1 Å². The Morgan fingerprint density at radius 1 is 1.35 bits per heavy atom. The van der Waals surface area contributed by atoms with Gasteiger partial charge in [-0.05, 0) is 49.3 Å². The van der Waals surface area contributed by atoms with Gasteiger partial charge >= 0.3 is 5.97 Å². The van der Waals surface area contributed by atoms with E-state index < -0.39 is 11.5 Å². The number of benzene rings is 1. The molecule has 1 aromatic carbocycles. The Balaban J connectivity index is 1.64. The zero-order valence-electron chi connectivity index (χ0n) is 10.9. The van der Waals surface area contributed by atoms with Crippen LogP contribution in [0.1, 0.15) is 37.2 Å². The third kappa shape index (κ3) is 2.29. The summed E-state index contributed by atoms with van der Waals surface area (Å²) in [6, 6.07) is 7.50. The predicted molar refractivity (Wildman–Crippen MR) is 74.7 cm³/mol. The minimum Gasteiger partial charge on any atom is -0.480 e. The van der Waals surface area contributed by atoms with Crippen molar-refractivity contribution >= 4 is 23.5 Å². The smallest absolute Gasteiger partial charge is 0.329 e. The number of carboxylic acids is 1. The van der Waals surface area contributed by atoms with Gasteiger partial charge in [-0.2, -0.15) is 0 Å². The molecular formula is C15H16ClNO3. The van der Waals surface area contributed by atoms with Gasteiger partial charge in [0.1, 0.15) is 5.54 Å². The summed E-state index contributed by atoms with van der Waals surface area (Å²) in [7, 11) is 0. The zero-order chi connectivity index (χ0) is 14.3. The molecule has 2 saturated carbocycles. The van der Waals surface area contributed by atoms with Crippen LogP contribution in [0.25, 0.3) is 0 Å². The summed E-state index contributed by atoms with van der Waals surface area (Å²) in [4.78, 5) is 23.4. The second-order valence-electron chi connectivity index (χ2n) is 5.73. The molecule has 0 bridgehead atoms. The molecule has 0 aliphatic heterocycles. The van der Waals surface area contributed by atoms with E-state index in [0.717, 1.165) is 18.4 Å². The number of nitrogens with one attached hydrogen (secondary N) is 1. The fourth-order valence-electron chi connectivity index (χ4n) is 2.84. The third-order valence-electron chi connectivity index (χ3n) is 4.38.